The molecule has 0 spiro atoms. The van der Waals surface area contributed by atoms with Crippen LogP contribution in [0.5, 0.6) is 0 Å². The normalized spacial score (nSPS) is 10.1. The van der Waals surface area contributed by atoms with Crippen LogP contribution in [0.2, 0.25) is 0 Å². The number of hydrogen-bond donors (Lipinski definition) is 1. The minimum absolute atomic E-state index is 1.11. The summed E-state index contributed by atoms with van der Waals surface area (Å²) in [6.45, 7) is 1.11. The van der Waals surface area contributed by atoms with Crippen molar-refractivity contribution in [2.45, 2.75) is 11.3 Å². The van der Waals surface area contributed by atoms with Crippen LogP contribution in [0.25, 0.3) is 0 Å². The molecule has 0 atom stereocenters. The molecule has 2 heteroatoms. The van der Waals surface area contributed by atoms with Crippen LogP contribution in [0.3, 0.4) is 0 Å². The fourth-order valence-electron chi connectivity index (χ4n) is 0.956. The van der Waals surface area contributed by atoms with Gasteiger partial charge in [-0.1, -0.05) is 18.2 Å². The summed E-state index contributed by atoms with van der Waals surface area (Å²) in [4.78, 5) is 1.37. The third-order valence-corrected chi connectivity index (χ3v) is 2.68. The van der Waals surface area contributed by atoms with E-state index in [0.29, 0.717) is 0 Å². The quantitative estimate of drug-likeness (QED) is 0.553. The van der Waals surface area contributed by atoms with Gasteiger partial charge >= 0.3 is 0 Å². The number of nitrogens with one attached hydrogen (secondary N) is 1. The Morgan fingerprint density at radius 1 is 1.25 bits per heavy atom. The molecule has 12 heavy (non-hydrogen) atoms. The van der Waals surface area contributed by atoms with Gasteiger partial charge in [0.1, 0.15) is 0 Å². The molecule has 0 saturated carbocycles. The van der Waals surface area contributed by atoms with Crippen LogP contribution in [0, 0.1) is 0 Å². The Hall–Kier alpha value is -0.470. The molecule has 0 aromatic heterocycles. The van der Waals surface area contributed by atoms with E-state index in [9.17, 15) is 0 Å². The monoisotopic (exact) mass is 181 g/mol. The van der Waals surface area contributed by atoms with Crippen molar-refractivity contribution in [3.05, 3.63) is 30.3 Å². The van der Waals surface area contributed by atoms with Gasteiger partial charge in [-0.25, -0.2) is 0 Å². The van der Waals surface area contributed by atoms with E-state index in [0.717, 1.165) is 6.54 Å². The van der Waals surface area contributed by atoms with Crippen molar-refractivity contribution >= 4 is 11.8 Å². The Morgan fingerprint density at radius 2 is 2.00 bits per heavy atom. The number of rotatable bonds is 5. The third-order valence-electron chi connectivity index (χ3n) is 1.58. The molecule has 0 amide bonds. The predicted octanol–water partition coefficient (Wildman–Crippen LogP) is 2.39. The maximum atomic E-state index is 3.14. The second-order valence-electron chi connectivity index (χ2n) is 2.62. The highest BCUT2D eigenvalue weighted by Crippen LogP contribution is 2.17. The maximum Gasteiger partial charge on any atom is 0.00719 e. The molecule has 0 fully saturated rings. The minimum Gasteiger partial charge on any atom is -0.320 e. The average Bonchev–Trinajstić information content (AvgIpc) is 2.14. The fraction of sp³-hybridized carbons (Fsp3) is 0.400. The molecule has 1 nitrogen and oxygen atoms in total. The molecule has 0 radical (unpaired) electrons. The van der Waals surface area contributed by atoms with E-state index >= 15 is 0 Å². The van der Waals surface area contributed by atoms with Crippen molar-refractivity contribution in [2.75, 3.05) is 19.3 Å². The number of benzene rings is 1. The van der Waals surface area contributed by atoms with Crippen LogP contribution < -0.4 is 5.32 Å². The van der Waals surface area contributed by atoms with Gasteiger partial charge in [0.05, 0.1) is 0 Å². The van der Waals surface area contributed by atoms with Gasteiger partial charge in [-0.3, -0.25) is 0 Å². The summed E-state index contributed by atoms with van der Waals surface area (Å²) >= 11 is 1.92. The summed E-state index contributed by atoms with van der Waals surface area (Å²) < 4.78 is 0. The first-order chi connectivity index (χ1) is 5.93. The molecule has 0 saturated heterocycles. The van der Waals surface area contributed by atoms with Crippen molar-refractivity contribution in [1.29, 1.82) is 0 Å². The summed E-state index contributed by atoms with van der Waals surface area (Å²) in [5.74, 6) is 1.20. The van der Waals surface area contributed by atoms with E-state index in [1.54, 1.807) is 0 Å². The van der Waals surface area contributed by atoms with Crippen molar-refractivity contribution < 1.29 is 0 Å². The summed E-state index contributed by atoms with van der Waals surface area (Å²) in [5.41, 5.74) is 0. The van der Waals surface area contributed by atoms with Gasteiger partial charge in [0.15, 0.2) is 0 Å². The van der Waals surface area contributed by atoms with E-state index in [-0.39, 0.29) is 0 Å². The summed E-state index contributed by atoms with van der Waals surface area (Å²) in [7, 11) is 1.99. The lowest BCUT2D eigenvalue weighted by atomic mass is 10.4. The largest absolute Gasteiger partial charge is 0.320 e. The summed E-state index contributed by atoms with van der Waals surface area (Å²) in [6.07, 6.45) is 1.23. The summed E-state index contributed by atoms with van der Waals surface area (Å²) in [6, 6.07) is 10.5. The van der Waals surface area contributed by atoms with Gasteiger partial charge in [0.25, 0.3) is 0 Å². The Labute approximate surface area is 78.6 Å². The first-order valence-electron chi connectivity index (χ1n) is 4.26. The molecule has 1 N–H and O–H groups in total. The molecule has 0 unspecified atom stereocenters. The SMILES string of the molecule is CNCCCSc1ccccc1. The zero-order valence-corrected chi connectivity index (χ0v) is 8.23. The highest BCUT2D eigenvalue weighted by molar-refractivity contribution is 7.99. The van der Waals surface area contributed by atoms with E-state index in [2.05, 4.69) is 35.6 Å². The molecule has 1 aromatic carbocycles. The first kappa shape index (κ1) is 9.62. The highest BCUT2D eigenvalue weighted by atomic mass is 32.2. The van der Waals surface area contributed by atoms with Crippen molar-refractivity contribution in [3.8, 4) is 0 Å². The van der Waals surface area contributed by atoms with Gasteiger partial charge < -0.3 is 5.32 Å². The molecule has 66 valence electrons. The number of thioether (sulfide) groups is 1. The van der Waals surface area contributed by atoms with Gasteiger partial charge in [-0.15, -0.1) is 11.8 Å². The molecule has 0 heterocycles. The maximum absolute atomic E-state index is 3.14. The second kappa shape index (κ2) is 6.09. The lowest BCUT2D eigenvalue weighted by Crippen LogP contribution is -2.07. The Kier molecular flexibility index (Phi) is 4.88. The molecule has 1 aromatic rings. The minimum atomic E-state index is 1.11. The van der Waals surface area contributed by atoms with Gasteiger partial charge in [-0.2, -0.15) is 0 Å². The Balaban J connectivity index is 2.16. The molecule has 1 rings (SSSR count). The third kappa shape index (κ3) is 3.79. The average molecular weight is 181 g/mol. The van der Waals surface area contributed by atoms with Crippen LogP contribution in [-0.2, 0) is 0 Å². The summed E-state index contributed by atoms with van der Waals surface area (Å²) in [5, 5.41) is 3.14. The molecule has 0 aliphatic rings. The molecular weight excluding hydrogens is 166 g/mol. The van der Waals surface area contributed by atoms with E-state index in [1.165, 1.54) is 17.1 Å². The van der Waals surface area contributed by atoms with E-state index < -0.39 is 0 Å². The Morgan fingerprint density at radius 3 is 2.67 bits per heavy atom. The fourth-order valence-corrected chi connectivity index (χ4v) is 1.83. The van der Waals surface area contributed by atoms with Crippen LogP contribution in [0.15, 0.2) is 35.2 Å². The van der Waals surface area contributed by atoms with Crippen LogP contribution in [-0.4, -0.2) is 19.3 Å². The van der Waals surface area contributed by atoms with Crippen molar-refractivity contribution in [2.24, 2.45) is 0 Å². The lowest BCUT2D eigenvalue weighted by molar-refractivity contribution is 0.778. The van der Waals surface area contributed by atoms with Crippen molar-refractivity contribution in [3.63, 3.8) is 0 Å². The number of hydrogen-bond acceptors (Lipinski definition) is 2. The van der Waals surface area contributed by atoms with Gasteiger partial charge in [0, 0.05) is 4.90 Å². The van der Waals surface area contributed by atoms with Crippen LogP contribution in [0.4, 0.5) is 0 Å². The first-order valence-corrected chi connectivity index (χ1v) is 5.24. The molecule has 0 bridgehead atoms. The van der Waals surface area contributed by atoms with Gasteiger partial charge in [0.2, 0.25) is 0 Å². The Bertz CT molecular complexity index is 198. The molecule has 0 aliphatic carbocycles. The lowest BCUT2D eigenvalue weighted by Gasteiger charge is -2.00. The van der Waals surface area contributed by atoms with Crippen LogP contribution >= 0.6 is 11.8 Å². The van der Waals surface area contributed by atoms with E-state index in [1.807, 2.05) is 18.8 Å². The standard InChI is InChI=1S/C10H15NS/c1-11-8-5-9-12-10-6-3-2-4-7-10/h2-4,6-7,11H,5,8-9H2,1H3. The molecule has 0 aliphatic heterocycles. The van der Waals surface area contributed by atoms with Gasteiger partial charge in [-0.05, 0) is 37.9 Å². The zero-order valence-electron chi connectivity index (χ0n) is 7.42. The predicted molar refractivity (Wildman–Crippen MR) is 55.7 cm³/mol. The topological polar surface area (TPSA) is 12.0 Å². The second-order valence-corrected chi connectivity index (χ2v) is 3.79. The molecular formula is C10H15NS. The van der Waals surface area contributed by atoms with Crippen LogP contribution in [0.1, 0.15) is 6.42 Å². The van der Waals surface area contributed by atoms with Crippen molar-refractivity contribution in [1.82, 2.24) is 5.32 Å². The highest BCUT2D eigenvalue weighted by Gasteiger charge is 1.90. The smallest absolute Gasteiger partial charge is 0.00719 e. The van der Waals surface area contributed by atoms with E-state index in [4.69, 9.17) is 0 Å². The zero-order chi connectivity index (χ0) is 8.65.